The number of aryl methyl sites for hydroxylation is 1. The van der Waals surface area contributed by atoms with Gasteiger partial charge in [0.15, 0.2) is 5.70 Å². The maximum absolute atomic E-state index is 11.7. The summed E-state index contributed by atoms with van der Waals surface area (Å²) in [5, 5.41) is 3.93. The van der Waals surface area contributed by atoms with Gasteiger partial charge in [-0.25, -0.2) is 4.79 Å². The van der Waals surface area contributed by atoms with Crippen LogP contribution in [-0.2, 0) is 9.53 Å². The van der Waals surface area contributed by atoms with Crippen molar-refractivity contribution in [2.45, 2.75) is 13.8 Å². The van der Waals surface area contributed by atoms with E-state index in [4.69, 9.17) is 4.74 Å². The van der Waals surface area contributed by atoms with E-state index in [0.717, 1.165) is 11.3 Å². The highest BCUT2D eigenvalue weighted by molar-refractivity contribution is 8.01. The third-order valence-electron chi connectivity index (χ3n) is 2.43. The number of hydrazine groups is 1. The average Bonchev–Trinajstić information content (AvgIpc) is 2.81. The number of carbonyl (C=O) groups is 1. The molecule has 0 aliphatic carbocycles. The Hall–Kier alpha value is -1.66. The molecule has 1 aromatic rings. The number of carbonyl (C=O) groups excluding carboxylic acids is 1. The first-order valence-corrected chi connectivity index (χ1v) is 6.46. The zero-order chi connectivity index (χ0) is 13.0. The van der Waals surface area contributed by atoms with Crippen molar-refractivity contribution < 1.29 is 9.53 Å². The van der Waals surface area contributed by atoms with E-state index in [9.17, 15) is 4.79 Å². The minimum atomic E-state index is -0.369. The van der Waals surface area contributed by atoms with Crippen LogP contribution in [0.4, 0.5) is 5.69 Å². The summed E-state index contributed by atoms with van der Waals surface area (Å²) < 4.78 is 4.97. The molecule has 0 saturated heterocycles. The fourth-order valence-corrected chi connectivity index (χ4v) is 2.16. The van der Waals surface area contributed by atoms with Crippen molar-refractivity contribution in [1.29, 1.82) is 0 Å². The molecule has 6 heteroatoms. The first-order chi connectivity index (χ1) is 8.72. The third kappa shape index (κ3) is 2.77. The average molecular weight is 265 g/mol. The molecule has 0 radical (unpaired) electrons. The molecule has 0 aromatic heterocycles. The van der Waals surface area contributed by atoms with E-state index in [2.05, 4.69) is 15.6 Å². The normalized spacial score (nSPS) is 14.3. The standard InChI is InChI=1S/C12H15N3O2S/c1-3-17-12(16)10-11(18-15-14-10)13-9-7-5-4-6-8(9)2/h4-7,13-15H,3H2,1-2H3. The predicted molar refractivity (Wildman–Crippen MR) is 72.3 cm³/mol. The van der Waals surface area contributed by atoms with Crippen LogP contribution in [0.15, 0.2) is 35.0 Å². The third-order valence-corrected chi connectivity index (χ3v) is 3.14. The van der Waals surface area contributed by atoms with Crippen LogP contribution in [0.2, 0.25) is 0 Å². The maximum Gasteiger partial charge on any atom is 0.358 e. The molecule has 0 bridgehead atoms. The van der Waals surface area contributed by atoms with Gasteiger partial charge in [0.2, 0.25) is 0 Å². The Morgan fingerprint density at radius 3 is 2.94 bits per heavy atom. The van der Waals surface area contributed by atoms with Crippen LogP contribution in [0, 0.1) is 6.92 Å². The zero-order valence-corrected chi connectivity index (χ0v) is 11.1. The Balaban J connectivity index is 2.19. The lowest BCUT2D eigenvalue weighted by molar-refractivity contribution is -0.139. The Bertz CT molecular complexity index is 488. The van der Waals surface area contributed by atoms with Crippen LogP contribution >= 0.6 is 11.9 Å². The second-order valence-corrected chi connectivity index (χ2v) is 4.51. The van der Waals surface area contributed by atoms with E-state index in [1.54, 1.807) is 6.92 Å². The topological polar surface area (TPSA) is 62.4 Å². The van der Waals surface area contributed by atoms with Gasteiger partial charge in [-0.1, -0.05) is 18.2 Å². The van der Waals surface area contributed by atoms with Crippen LogP contribution in [0.1, 0.15) is 12.5 Å². The molecule has 18 heavy (non-hydrogen) atoms. The van der Waals surface area contributed by atoms with Crippen molar-refractivity contribution in [2.24, 2.45) is 0 Å². The van der Waals surface area contributed by atoms with Crippen LogP contribution < -0.4 is 15.6 Å². The highest BCUT2D eigenvalue weighted by Crippen LogP contribution is 2.25. The lowest BCUT2D eigenvalue weighted by atomic mass is 10.2. The summed E-state index contributed by atoms with van der Waals surface area (Å²) >= 11 is 1.31. The molecule has 0 amide bonds. The summed E-state index contributed by atoms with van der Waals surface area (Å²) in [7, 11) is 0. The maximum atomic E-state index is 11.7. The molecule has 1 aliphatic rings. The van der Waals surface area contributed by atoms with Gasteiger partial charge in [-0.2, -0.15) is 4.83 Å². The summed E-state index contributed by atoms with van der Waals surface area (Å²) in [5.41, 5.74) is 5.27. The van der Waals surface area contributed by atoms with Crippen LogP contribution in [-0.4, -0.2) is 12.6 Å². The summed E-state index contributed by atoms with van der Waals surface area (Å²) in [6.45, 7) is 4.14. The molecular formula is C12H15N3O2S. The molecule has 0 spiro atoms. The van der Waals surface area contributed by atoms with Crippen molar-refractivity contribution in [3.8, 4) is 0 Å². The molecule has 1 heterocycles. The molecular weight excluding hydrogens is 250 g/mol. The molecule has 2 rings (SSSR count). The van der Waals surface area contributed by atoms with Crippen LogP contribution in [0.5, 0.6) is 0 Å². The predicted octanol–water partition coefficient (Wildman–Crippen LogP) is 1.90. The first-order valence-electron chi connectivity index (χ1n) is 5.64. The van der Waals surface area contributed by atoms with Crippen molar-refractivity contribution in [2.75, 3.05) is 11.9 Å². The monoisotopic (exact) mass is 265 g/mol. The smallest absolute Gasteiger partial charge is 0.358 e. The SMILES string of the molecule is CCOC(=O)C1=C(Nc2ccccc2C)SNN1. The summed E-state index contributed by atoms with van der Waals surface area (Å²) in [6.07, 6.45) is 0. The van der Waals surface area contributed by atoms with Gasteiger partial charge in [-0.15, -0.1) is 0 Å². The summed E-state index contributed by atoms with van der Waals surface area (Å²) in [6, 6.07) is 7.89. The molecule has 0 atom stereocenters. The van der Waals surface area contributed by atoms with Crippen LogP contribution in [0.25, 0.3) is 0 Å². The van der Waals surface area contributed by atoms with Crippen molar-refractivity contribution in [1.82, 2.24) is 10.3 Å². The Kier molecular flexibility index (Phi) is 4.11. The lowest BCUT2D eigenvalue weighted by Gasteiger charge is -2.09. The highest BCUT2D eigenvalue weighted by Gasteiger charge is 2.23. The van der Waals surface area contributed by atoms with Crippen molar-refractivity contribution >= 4 is 23.6 Å². The minimum Gasteiger partial charge on any atom is -0.461 e. The van der Waals surface area contributed by atoms with Crippen molar-refractivity contribution in [3.63, 3.8) is 0 Å². The number of rotatable bonds is 4. The van der Waals surface area contributed by atoms with Gasteiger partial charge in [0, 0.05) is 5.69 Å². The van der Waals surface area contributed by atoms with Gasteiger partial charge in [-0.3, -0.25) is 0 Å². The first kappa shape index (κ1) is 12.8. The number of hydrogen-bond acceptors (Lipinski definition) is 6. The Labute approximate surface area is 110 Å². The fourth-order valence-electron chi connectivity index (χ4n) is 1.51. The van der Waals surface area contributed by atoms with E-state index in [0.29, 0.717) is 17.3 Å². The van der Waals surface area contributed by atoms with E-state index in [1.807, 2.05) is 31.2 Å². The van der Waals surface area contributed by atoms with E-state index < -0.39 is 0 Å². The minimum absolute atomic E-state index is 0.353. The molecule has 0 fully saturated rings. The lowest BCUT2D eigenvalue weighted by Crippen LogP contribution is -2.25. The van der Waals surface area contributed by atoms with E-state index in [-0.39, 0.29) is 5.97 Å². The number of nitrogens with one attached hydrogen (secondary N) is 3. The van der Waals surface area contributed by atoms with Gasteiger partial charge in [-0.05, 0) is 37.4 Å². The van der Waals surface area contributed by atoms with E-state index in [1.165, 1.54) is 11.9 Å². The number of anilines is 1. The molecule has 5 nitrogen and oxygen atoms in total. The summed E-state index contributed by atoms with van der Waals surface area (Å²) in [4.78, 5) is 14.5. The molecule has 96 valence electrons. The zero-order valence-electron chi connectivity index (χ0n) is 10.2. The number of para-hydroxylation sites is 1. The number of hydrogen-bond donors (Lipinski definition) is 3. The number of benzene rings is 1. The molecule has 1 aromatic carbocycles. The quantitative estimate of drug-likeness (QED) is 0.571. The number of ether oxygens (including phenoxy) is 1. The van der Waals surface area contributed by atoms with Gasteiger partial charge < -0.3 is 15.5 Å². The van der Waals surface area contributed by atoms with Gasteiger partial charge >= 0.3 is 5.97 Å². The van der Waals surface area contributed by atoms with Gasteiger partial charge in [0.1, 0.15) is 5.03 Å². The Morgan fingerprint density at radius 2 is 2.22 bits per heavy atom. The largest absolute Gasteiger partial charge is 0.461 e. The molecule has 0 unspecified atom stereocenters. The van der Waals surface area contributed by atoms with Crippen molar-refractivity contribution in [3.05, 3.63) is 40.6 Å². The molecule has 0 saturated carbocycles. The Morgan fingerprint density at radius 1 is 1.44 bits per heavy atom. The highest BCUT2D eigenvalue weighted by atomic mass is 32.2. The molecule has 3 N–H and O–H groups in total. The number of esters is 1. The van der Waals surface area contributed by atoms with E-state index >= 15 is 0 Å². The second-order valence-electron chi connectivity index (χ2n) is 3.69. The van der Waals surface area contributed by atoms with Gasteiger partial charge in [0.05, 0.1) is 6.61 Å². The fraction of sp³-hybridized carbons (Fsp3) is 0.250. The second kappa shape index (κ2) is 5.79. The van der Waals surface area contributed by atoms with Crippen LogP contribution in [0.3, 0.4) is 0 Å². The van der Waals surface area contributed by atoms with Gasteiger partial charge in [0.25, 0.3) is 0 Å². The molecule has 1 aliphatic heterocycles. The summed E-state index contributed by atoms with van der Waals surface area (Å²) in [5.74, 6) is -0.369.